The normalized spacial score (nSPS) is 12.4. The Balaban J connectivity index is 2.01. The topological polar surface area (TPSA) is 55.5 Å². The number of rotatable bonds is 5. The number of hydrogen-bond donors (Lipinski definition) is 1. The van der Waals surface area contributed by atoms with Crippen LogP contribution in [0.4, 0.5) is 0 Å². The molecule has 1 unspecified atom stereocenters. The molecule has 0 aliphatic heterocycles. The molecule has 4 nitrogen and oxygen atoms in total. The molecule has 0 aliphatic rings. The summed E-state index contributed by atoms with van der Waals surface area (Å²) in [5, 5.41) is 9.26. The maximum Gasteiger partial charge on any atom is 0.198 e. The molecule has 0 aliphatic carbocycles. The van der Waals surface area contributed by atoms with Crippen LogP contribution in [0.25, 0.3) is 0 Å². The van der Waals surface area contributed by atoms with Crippen molar-refractivity contribution < 1.29 is 14.3 Å². The van der Waals surface area contributed by atoms with Crippen molar-refractivity contribution in [2.75, 3.05) is 7.11 Å². The molecule has 1 atom stereocenters. The fourth-order valence-electron chi connectivity index (χ4n) is 1.73. The zero-order chi connectivity index (χ0) is 13.0. The van der Waals surface area contributed by atoms with Gasteiger partial charge in [-0.05, 0) is 24.6 Å². The second kappa shape index (κ2) is 5.69. The van der Waals surface area contributed by atoms with Crippen LogP contribution < -0.4 is 4.74 Å². The SMILES string of the molecule is COc1ccc(Cc2ncc(CC(C)O)o2)cc1. The Kier molecular flexibility index (Phi) is 3.99. The average molecular weight is 247 g/mol. The van der Waals surface area contributed by atoms with Crippen LogP contribution in [0.2, 0.25) is 0 Å². The fourth-order valence-corrected chi connectivity index (χ4v) is 1.73. The molecule has 0 fully saturated rings. The third-order valence-corrected chi connectivity index (χ3v) is 2.61. The van der Waals surface area contributed by atoms with Gasteiger partial charge in [-0.15, -0.1) is 0 Å². The Morgan fingerprint density at radius 3 is 2.67 bits per heavy atom. The molecule has 0 bridgehead atoms. The second-order valence-electron chi connectivity index (χ2n) is 4.30. The summed E-state index contributed by atoms with van der Waals surface area (Å²) >= 11 is 0. The summed E-state index contributed by atoms with van der Waals surface area (Å²) in [6, 6.07) is 7.79. The Labute approximate surface area is 106 Å². The molecule has 1 heterocycles. The number of aliphatic hydroxyl groups is 1. The van der Waals surface area contributed by atoms with E-state index in [2.05, 4.69) is 4.98 Å². The van der Waals surface area contributed by atoms with Gasteiger partial charge in [0.25, 0.3) is 0 Å². The lowest BCUT2D eigenvalue weighted by Crippen LogP contribution is -2.02. The summed E-state index contributed by atoms with van der Waals surface area (Å²) in [5.74, 6) is 2.21. The van der Waals surface area contributed by atoms with Gasteiger partial charge in [-0.25, -0.2) is 4.98 Å². The number of hydrogen-bond acceptors (Lipinski definition) is 4. The number of benzene rings is 1. The number of nitrogens with zero attached hydrogens (tertiary/aromatic N) is 1. The zero-order valence-electron chi connectivity index (χ0n) is 10.6. The van der Waals surface area contributed by atoms with Crippen LogP contribution >= 0.6 is 0 Å². The molecule has 1 aromatic carbocycles. The molecule has 2 rings (SSSR count). The monoisotopic (exact) mass is 247 g/mol. The first-order valence-electron chi connectivity index (χ1n) is 5.92. The van der Waals surface area contributed by atoms with Crippen molar-refractivity contribution >= 4 is 0 Å². The Morgan fingerprint density at radius 1 is 1.33 bits per heavy atom. The number of oxazole rings is 1. The molecule has 0 saturated carbocycles. The minimum absolute atomic E-state index is 0.410. The first-order valence-corrected chi connectivity index (χ1v) is 5.92. The molecule has 4 heteroatoms. The fraction of sp³-hybridized carbons (Fsp3) is 0.357. The average Bonchev–Trinajstić information content (AvgIpc) is 2.76. The van der Waals surface area contributed by atoms with Gasteiger partial charge in [0.2, 0.25) is 0 Å². The molecule has 0 saturated heterocycles. The summed E-state index contributed by atoms with van der Waals surface area (Å²) in [5.41, 5.74) is 1.11. The highest BCUT2D eigenvalue weighted by molar-refractivity contribution is 5.28. The first-order chi connectivity index (χ1) is 8.67. The predicted molar refractivity (Wildman–Crippen MR) is 67.7 cm³/mol. The van der Waals surface area contributed by atoms with E-state index in [4.69, 9.17) is 9.15 Å². The van der Waals surface area contributed by atoms with E-state index in [1.54, 1.807) is 20.2 Å². The second-order valence-corrected chi connectivity index (χ2v) is 4.30. The maximum absolute atomic E-state index is 9.26. The Hall–Kier alpha value is -1.81. The van der Waals surface area contributed by atoms with E-state index in [9.17, 15) is 5.11 Å². The van der Waals surface area contributed by atoms with E-state index in [-0.39, 0.29) is 0 Å². The minimum Gasteiger partial charge on any atom is -0.497 e. The van der Waals surface area contributed by atoms with Gasteiger partial charge in [0.1, 0.15) is 11.5 Å². The van der Waals surface area contributed by atoms with Crippen LogP contribution in [-0.2, 0) is 12.8 Å². The van der Waals surface area contributed by atoms with Gasteiger partial charge in [0.15, 0.2) is 5.89 Å². The van der Waals surface area contributed by atoms with Crippen molar-refractivity contribution in [1.29, 1.82) is 0 Å². The lowest BCUT2D eigenvalue weighted by atomic mass is 10.1. The highest BCUT2D eigenvalue weighted by atomic mass is 16.5. The van der Waals surface area contributed by atoms with Gasteiger partial charge >= 0.3 is 0 Å². The first kappa shape index (κ1) is 12.6. The van der Waals surface area contributed by atoms with Gasteiger partial charge in [-0.2, -0.15) is 0 Å². The molecular weight excluding hydrogens is 230 g/mol. The minimum atomic E-state index is -0.410. The third kappa shape index (κ3) is 3.34. The number of methoxy groups -OCH3 is 1. The van der Waals surface area contributed by atoms with Crippen LogP contribution in [0.5, 0.6) is 5.75 Å². The Morgan fingerprint density at radius 2 is 2.06 bits per heavy atom. The van der Waals surface area contributed by atoms with Crippen LogP contribution in [0.3, 0.4) is 0 Å². The summed E-state index contributed by atoms with van der Waals surface area (Å²) in [6.07, 6.45) is 2.40. The molecular formula is C14H17NO3. The molecule has 0 radical (unpaired) electrons. The van der Waals surface area contributed by atoms with E-state index in [0.29, 0.717) is 24.5 Å². The third-order valence-electron chi connectivity index (χ3n) is 2.61. The van der Waals surface area contributed by atoms with Gasteiger partial charge in [0.05, 0.1) is 19.4 Å². The Bertz CT molecular complexity index is 488. The number of ether oxygens (including phenoxy) is 1. The van der Waals surface area contributed by atoms with E-state index in [1.165, 1.54) is 0 Å². The highest BCUT2D eigenvalue weighted by Crippen LogP contribution is 2.15. The molecule has 2 aromatic rings. The van der Waals surface area contributed by atoms with Gasteiger partial charge in [0, 0.05) is 12.8 Å². The van der Waals surface area contributed by atoms with Crippen molar-refractivity contribution in [3.8, 4) is 5.75 Å². The quantitative estimate of drug-likeness (QED) is 0.880. The largest absolute Gasteiger partial charge is 0.497 e. The van der Waals surface area contributed by atoms with Crippen molar-refractivity contribution in [1.82, 2.24) is 4.98 Å². The molecule has 0 spiro atoms. The summed E-state index contributed by atoms with van der Waals surface area (Å²) < 4.78 is 10.7. The predicted octanol–water partition coefficient (Wildman–Crippen LogP) is 2.20. The lowest BCUT2D eigenvalue weighted by Gasteiger charge is -2.01. The standard InChI is InChI=1S/C14H17NO3/c1-10(16)7-13-9-15-14(18-13)8-11-3-5-12(17-2)6-4-11/h3-6,9-10,16H,7-8H2,1-2H3. The maximum atomic E-state index is 9.26. The zero-order valence-corrected chi connectivity index (χ0v) is 10.6. The van der Waals surface area contributed by atoms with Gasteiger partial charge < -0.3 is 14.3 Å². The van der Waals surface area contributed by atoms with E-state index in [1.807, 2.05) is 24.3 Å². The van der Waals surface area contributed by atoms with Crippen LogP contribution in [0, 0.1) is 0 Å². The molecule has 0 amide bonds. The van der Waals surface area contributed by atoms with Crippen LogP contribution in [0.15, 0.2) is 34.9 Å². The van der Waals surface area contributed by atoms with E-state index < -0.39 is 6.10 Å². The van der Waals surface area contributed by atoms with Crippen LogP contribution in [-0.4, -0.2) is 23.3 Å². The van der Waals surface area contributed by atoms with Crippen molar-refractivity contribution in [3.05, 3.63) is 47.7 Å². The van der Waals surface area contributed by atoms with Crippen molar-refractivity contribution in [2.45, 2.75) is 25.9 Å². The summed E-state index contributed by atoms with van der Waals surface area (Å²) in [6.45, 7) is 1.73. The van der Waals surface area contributed by atoms with Gasteiger partial charge in [-0.1, -0.05) is 12.1 Å². The van der Waals surface area contributed by atoms with Crippen molar-refractivity contribution in [2.24, 2.45) is 0 Å². The summed E-state index contributed by atoms with van der Waals surface area (Å²) in [4.78, 5) is 4.20. The van der Waals surface area contributed by atoms with E-state index >= 15 is 0 Å². The summed E-state index contributed by atoms with van der Waals surface area (Å²) in [7, 11) is 1.64. The molecule has 96 valence electrons. The van der Waals surface area contributed by atoms with Crippen molar-refractivity contribution in [3.63, 3.8) is 0 Å². The molecule has 18 heavy (non-hydrogen) atoms. The lowest BCUT2D eigenvalue weighted by molar-refractivity contribution is 0.186. The molecule has 1 aromatic heterocycles. The smallest absolute Gasteiger partial charge is 0.198 e. The van der Waals surface area contributed by atoms with Gasteiger partial charge in [-0.3, -0.25) is 0 Å². The molecule has 1 N–H and O–H groups in total. The number of aromatic nitrogens is 1. The highest BCUT2D eigenvalue weighted by Gasteiger charge is 2.07. The van der Waals surface area contributed by atoms with Crippen LogP contribution in [0.1, 0.15) is 24.1 Å². The van der Waals surface area contributed by atoms with E-state index in [0.717, 1.165) is 11.3 Å². The number of aliphatic hydroxyl groups excluding tert-OH is 1.